The monoisotopic (exact) mass is 410 g/mol. The van der Waals surface area contributed by atoms with Crippen molar-refractivity contribution in [3.63, 3.8) is 0 Å². The van der Waals surface area contributed by atoms with E-state index in [9.17, 15) is 19.6 Å². The fourth-order valence-electron chi connectivity index (χ4n) is 3.55. The summed E-state index contributed by atoms with van der Waals surface area (Å²) in [6, 6.07) is 17.4. The Morgan fingerprint density at radius 2 is 1.76 bits per heavy atom. The van der Waals surface area contributed by atoms with Crippen LogP contribution in [0.4, 0.5) is 0 Å². The molecule has 3 unspecified atom stereocenters. The molecule has 1 heterocycles. The molecular formula is C22H19ClN2O4. The van der Waals surface area contributed by atoms with Crippen molar-refractivity contribution < 1.29 is 19.1 Å². The maximum atomic E-state index is 13.2. The number of likely N-dealkylation sites (tertiary alicyclic amines) is 1. The molecule has 0 aliphatic carbocycles. The Morgan fingerprint density at radius 3 is 2.34 bits per heavy atom. The smallest absolute Gasteiger partial charge is 0.319 e. The number of nitriles is 1. The second-order valence-corrected chi connectivity index (χ2v) is 7.10. The molecule has 3 atom stereocenters. The molecule has 0 N–H and O–H groups in total. The van der Waals surface area contributed by atoms with Gasteiger partial charge < -0.3 is 4.74 Å². The van der Waals surface area contributed by atoms with E-state index in [0.717, 1.165) is 10.5 Å². The summed E-state index contributed by atoms with van der Waals surface area (Å²) < 4.78 is 5.12. The SMILES string of the molecule is CCOC(=O)C1C(=O)N(Cc2ccccc2)C(=O)C(C#N)C1c1ccc(Cl)cc1. The van der Waals surface area contributed by atoms with Crippen molar-refractivity contribution in [3.8, 4) is 6.07 Å². The zero-order valence-corrected chi connectivity index (χ0v) is 16.5. The number of halogens is 1. The van der Waals surface area contributed by atoms with Crippen molar-refractivity contribution in [1.82, 2.24) is 4.90 Å². The van der Waals surface area contributed by atoms with Crippen molar-refractivity contribution in [1.29, 1.82) is 5.26 Å². The van der Waals surface area contributed by atoms with E-state index in [2.05, 4.69) is 0 Å². The van der Waals surface area contributed by atoms with Crippen LogP contribution in [-0.2, 0) is 25.7 Å². The van der Waals surface area contributed by atoms with E-state index in [4.69, 9.17) is 16.3 Å². The van der Waals surface area contributed by atoms with Crippen molar-refractivity contribution >= 4 is 29.4 Å². The van der Waals surface area contributed by atoms with Crippen LogP contribution in [0.3, 0.4) is 0 Å². The summed E-state index contributed by atoms with van der Waals surface area (Å²) >= 11 is 5.94. The number of nitrogens with zero attached hydrogens (tertiary/aromatic N) is 2. The van der Waals surface area contributed by atoms with Gasteiger partial charge in [0.05, 0.1) is 19.2 Å². The number of imide groups is 1. The van der Waals surface area contributed by atoms with Gasteiger partial charge in [-0.3, -0.25) is 19.3 Å². The quantitative estimate of drug-likeness (QED) is 0.428. The van der Waals surface area contributed by atoms with E-state index in [1.54, 1.807) is 55.5 Å². The predicted molar refractivity (Wildman–Crippen MR) is 105 cm³/mol. The Bertz CT molecular complexity index is 953. The molecule has 1 fully saturated rings. The number of hydrogen-bond donors (Lipinski definition) is 0. The lowest BCUT2D eigenvalue weighted by atomic mass is 9.73. The first-order valence-corrected chi connectivity index (χ1v) is 9.56. The minimum absolute atomic E-state index is 0.0140. The highest BCUT2D eigenvalue weighted by atomic mass is 35.5. The third kappa shape index (κ3) is 4.15. The number of hydrogen-bond acceptors (Lipinski definition) is 5. The van der Waals surface area contributed by atoms with Crippen LogP contribution in [0, 0.1) is 23.2 Å². The lowest BCUT2D eigenvalue weighted by Gasteiger charge is -2.38. The van der Waals surface area contributed by atoms with Crippen LogP contribution in [-0.4, -0.2) is 29.3 Å². The van der Waals surface area contributed by atoms with Gasteiger partial charge >= 0.3 is 5.97 Å². The molecule has 2 aromatic rings. The molecule has 29 heavy (non-hydrogen) atoms. The minimum Gasteiger partial charge on any atom is -0.465 e. The van der Waals surface area contributed by atoms with Crippen molar-refractivity contribution in [2.45, 2.75) is 19.4 Å². The molecule has 6 nitrogen and oxygen atoms in total. The number of ether oxygens (including phenoxy) is 1. The molecule has 7 heteroatoms. The van der Waals surface area contributed by atoms with E-state index < -0.39 is 35.5 Å². The number of carbonyl (C=O) groups is 3. The normalized spacial score (nSPS) is 21.6. The third-order valence-electron chi connectivity index (χ3n) is 4.90. The summed E-state index contributed by atoms with van der Waals surface area (Å²) in [4.78, 5) is 40.0. The molecule has 2 amide bonds. The first kappa shape index (κ1) is 20.6. The molecular weight excluding hydrogens is 392 g/mol. The van der Waals surface area contributed by atoms with Crippen LogP contribution in [0.5, 0.6) is 0 Å². The average molecular weight is 411 g/mol. The Balaban J connectivity index is 2.05. The molecule has 1 aliphatic rings. The van der Waals surface area contributed by atoms with Crippen LogP contribution in [0.15, 0.2) is 54.6 Å². The third-order valence-corrected chi connectivity index (χ3v) is 5.15. The Hall–Kier alpha value is -3.17. The van der Waals surface area contributed by atoms with Crippen molar-refractivity contribution in [2.75, 3.05) is 6.61 Å². The lowest BCUT2D eigenvalue weighted by Crippen LogP contribution is -2.55. The number of piperidine rings is 1. The maximum Gasteiger partial charge on any atom is 0.319 e. The Labute approximate surface area is 173 Å². The molecule has 3 rings (SSSR count). The van der Waals surface area contributed by atoms with Crippen molar-refractivity contribution in [2.24, 2.45) is 11.8 Å². The van der Waals surface area contributed by atoms with Gasteiger partial charge in [-0.15, -0.1) is 0 Å². The highest BCUT2D eigenvalue weighted by Gasteiger charge is 2.52. The largest absolute Gasteiger partial charge is 0.465 e. The summed E-state index contributed by atoms with van der Waals surface area (Å²) in [5, 5.41) is 10.2. The van der Waals surface area contributed by atoms with Crippen LogP contribution in [0.1, 0.15) is 24.0 Å². The fourth-order valence-corrected chi connectivity index (χ4v) is 3.68. The number of amides is 2. The zero-order chi connectivity index (χ0) is 21.0. The van der Waals surface area contributed by atoms with Crippen LogP contribution >= 0.6 is 11.6 Å². The van der Waals surface area contributed by atoms with Crippen molar-refractivity contribution in [3.05, 3.63) is 70.7 Å². The van der Waals surface area contributed by atoms with Gasteiger partial charge in [-0.05, 0) is 30.2 Å². The highest BCUT2D eigenvalue weighted by Crippen LogP contribution is 2.40. The molecule has 0 radical (unpaired) electrons. The van der Waals surface area contributed by atoms with Gasteiger partial charge in [-0.25, -0.2) is 0 Å². The molecule has 0 spiro atoms. The molecule has 0 saturated carbocycles. The van der Waals surface area contributed by atoms with Crippen LogP contribution < -0.4 is 0 Å². The van der Waals surface area contributed by atoms with Gasteiger partial charge in [0.1, 0.15) is 11.8 Å². The molecule has 148 valence electrons. The van der Waals surface area contributed by atoms with Gasteiger partial charge in [-0.1, -0.05) is 54.1 Å². The van der Waals surface area contributed by atoms with E-state index in [0.29, 0.717) is 10.6 Å². The minimum atomic E-state index is -1.29. The summed E-state index contributed by atoms with van der Waals surface area (Å²) in [6.07, 6.45) is 0. The first-order valence-electron chi connectivity index (χ1n) is 9.18. The van der Waals surface area contributed by atoms with Crippen LogP contribution in [0.2, 0.25) is 5.02 Å². The standard InChI is InChI=1S/C22H19ClN2O4/c1-2-29-22(28)19-18(15-8-10-16(23)11-9-15)17(12-24)20(26)25(21(19)27)13-14-6-4-3-5-7-14/h3-11,17-19H,2,13H2,1H3. The second kappa shape index (κ2) is 8.89. The lowest BCUT2D eigenvalue weighted by molar-refractivity contribution is -0.165. The van der Waals surface area contributed by atoms with E-state index in [1.807, 2.05) is 12.1 Å². The average Bonchev–Trinajstić information content (AvgIpc) is 2.72. The first-order chi connectivity index (χ1) is 14.0. The number of rotatable bonds is 5. The summed E-state index contributed by atoms with van der Waals surface area (Å²) in [7, 11) is 0. The summed E-state index contributed by atoms with van der Waals surface area (Å²) in [5.74, 6) is -5.47. The topological polar surface area (TPSA) is 87.5 Å². The Morgan fingerprint density at radius 1 is 1.10 bits per heavy atom. The highest BCUT2D eigenvalue weighted by molar-refractivity contribution is 6.30. The zero-order valence-electron chi connectivity index (χ0n) is 15.7. The molecule has 0 aromatic heterocycles. The number of benzene rings is 2. The van der Waals surface area contributed by atoms with Gasteiger partial charge in [0, 0.05) is 10.9 Å². The van der Waals surface area contributed by atoms with E-state index in [1.165, 1.54) is 0 Å². The second-order valence-electron chi connectivity index (χ2n) is 6.66. The van der Waals surface area contributed by atoms with Crippen LogP contribution in [0.25, 0.3) is 0 Å². The van der Waals surface area contributed by atoms with Gasteiger partial charge in [0.15, 0.2) is 0 Å². The van der Waals surface area contributed by atoms with Gasteiger partial charge in [0.2, 0.25) is 11.8 Å². The van der Waals surface area contributed by atoms with Gasteiger partial charge in [0.25, 0.3) is 0 Å². The number of carbonyl (C=O) groups excluding carboxylic acids is 3. The Kier molecular flexibility index (Phi) is 6.30. The van der Waals surface area contributed by atoms with Gasteiger partial charge in [-0.2, -0.15) is 5.26 Å². The maximum absolute atomic E-state index is 13.2. The van der Waals surface area contributed by atoms with E-state index >= 15 is 0 Å². The molecule has 2 aromatic carbocycles. The molecule has 0 bridgehead atoms. The molecule has 1 aliphatic heterocycles. The predicted octanol–water partition coefficient (Wildman–Crippen LogP) is 3.31. The number of esters is 1. The summed E-state index contributed by atoms with van der Waals surface area (Å²) in [6.45, 7) is 1.71. The summed E-state index contributed by atoms with van der Waals surface area (Å²) in [5.41, 5.74) is 1.23. The van der Waals surface area contributed by atoms with E-state index in [-0.39, 0.29) is 13.2 Å². The fraction of sp³-hybridized carbons (Fsp3) is 0.273. The molecule has 1 saturated heterocycles.